The van der Waals surface area contributed by atoms with Crippen molar-refractivity contribution < 1.29 is 0 Å². The van der Waals surface area contributed by atoms with Gasteiger partial charge in [-0.3, -0.25) is 5.32 Å². The fraction of sp³-hybridized carbons (Fsp3) is 1.00. The molecule has 0 saturated carbocycles. The molecular formula is C18H40N2. The van der Waals surface area contributed by atoms with Gasteiger partial charge in [-0.15, -0.1) is 0 Å². The Labute approximate surface area is 128 Å². The van der Waals surface area contributed by atoms with E-state index >= 15 is 0 Å². The van der Waals surface area contributed by atoms with Gasteiger partial charge in [0.25, 0.3) is 0 Å². The maximum atomic E-state index is 3.72. The van der Waals surface area contributed by atoms with Gasteiger partial charge in [-0.1, -0.05) is 65.2 Å². The van der Waals surface area contributed by atoms with E-state index in [0.717, 1.165) is 6.54 Å². The average molecular weight is 285 g/mol. The topological polar surface area (TPSA) is 24.1 Å². The Morgan fingerprint density at radius 3 is 1.85 bits per heavy atom. The molecule has 0 saturated heterocycles. The fourth-order valence-electron chi connectivity index (χ4n) is 2.51. The average Bonchev–Trinajstić information content (AvgIpc) is 2.36. The highest BCUT2D eigenvalue weighted by Gasteiger charge is 2.15. The highest BCUT2D eigenvalue weighted by atomic mass is 15.1. The second kappa shape index (κ2) is 12.6. The molecule has 0 aliphatic rings. The lowest BCUT2D eigenvalue weighted by molar-refractivity contribution is 0.296. The zero-order valence-electron chi connectivity index (χ0n) is 14.9. The second-order valence-corrected chi connectivity index (χ2v) is 7.16. The van der Waals surface area contributed by atoms with Gasteiger partial charge in [0, 0.05) is 5.54 Å². The predicted molar refractivity (Wildman–Crippen MR) is 92.2 cm³/mol. The highest BCUT2D eigenvalue weighted by molar-refractivity contribution is 4.76. The summed E-state index contributed by atoms with van der Waals surface area (Å²) in [5, 5.41) is 7.39. The first-order valence-electron chi connectivity index (χ1n) is 9.00. The highest BCUT2D eigenvalue weighted by Crippen LogP contribution is 2.11. The zero-order valence-corrected chi connectivity index (χ0v) is 14.9. The summed E-state index contributed by atoms with van der Waals surface area (Å²) in [6.45, 7) is 12.4. The largest absolute Gasteiger partial charge is 0.302 e. The first-order chi connectivity index (χ1) is 9.49. The van der Waals surface area contributed by atoms with Crippen LogP contribution in [0, 0.1) is 0 Å². The Morgan fingerprint density at radius 2 is 1.30 bits per heavy atom. The molecule has 0 aromatic rings. The van der Waals surface area contributed by atoms with Gasteiger partial charge in [-0.05, 0) is 40.2 Å². The Hall–Kier alpha value is -0.0800. The van der Waals surface area contributed by atoms with Gasteiger partial charge < -0.3 is 5.32 Å². The molecule has 1 atom stereocenters. The maximum Gasteiger partial charge on any atom is 0.0575 e. The van der Waals surface area contributed by atoms with E-state index in [2.05, 4.69) is 45.3 Å². The smallest absolute Gasteiger partial charge is 0.0575 e. The fourth-order valence-corrected chi connectivity index (χ4v) is 2.51. The van der Waals surface area contributed by atoms with Crippen LogP contribution in [0.15, 0.2) is 0 Å². The van der Waals surface area contributed by atoms with Crippen molar-refractivity contribution in [1.82, 2.24) is 10.6 Å². The van der Waals surface area contributed by atoms with E-state index in [1.54, 1.807) is 0 Å². The molecule has 0 rings (SSSR count). The zero-order chi connectivity index (χ0) is 15.3. The normalized spacial score (nSPS) is 13.7. The Balaban J connectivity index is 3.73. The monoisotopic (exact) mass is 284 g/mol. The Morgan fingerprint density at radius 1 is 0.750 bits per heavy atom. The molecule has 0 aromatic heterocycles. The van der Waals surface area contributed by atoms with Crippen molar-refractivity contribution in [1.29, 1.82) is 0 Å². The van der Waals surface area contributed by atoms with E-state index in [9.17, 15) is 0 Å². The third-order valence-corrected chi connectivity index (χ3v) is 3.62. The summed E-state index contributed by atoms with van der Waals surface area (Å²) < 4.78 is 0. The molecule has 0 spiro atoms. The van der Waals surface area contributed by atoms with E-state index in [4.69, 9.17) is 0 Å². The summed E-state index contributed by atoms with van der Waals surface area (Å²) in [4.78, 5) is 0. The third kappa shape index (κ3) is 14.3. The van der Waals surface area contributed by atoms with Crippen LogP contribution in [-0.4, -0.2) is 18.2 Å². The van der Waals surface area contributed by atoms with Gasteiger partial charge in [-0.2, -0.15) is 0 Å². The van der Waals surface area contributed by atoms with Crippen molar-refractivity contribution in [2.45, 2.75) is 111 Å². The standard InChI is InChI=1S/C18H40N2/c1-6-8-10-11-12-13-14-15-17(19-16-9-7-2)20-18(3,4)5/h17,19-20H,6-16H2,1-5H3. The van der Waals surface area contributed by atoms with Crippen LogP contribution in [0.5, 0.6) is 0 Å². The van der Waals surface area contributed by atoms with Crippen LogP contribution in [-0.2, 0) is 0 Å². The SMILES string of the molecule is CCCCCCCCCC(NCCCC)NC(C)(C)C. The van der Waals surface area contributed by atoms with Crippen molar-refractivity contribution in [3.63, 3.8) is 0 Å². The molecule has 0 aliphatic carbocycles. The molecule has 0 fully saturated rings. The summed E-state index contributed by atoms with van der Waals surface area (Å²) >= 11 is 0. The second-order valence-electron chi connectivity index (χ2n) is 7.16. The van der Waals surface area contributed by atoms with Crippen LogP contribution in [0.4, 0.5) is 0 Å². The third-order valence-electron chi connectivity index (χ3n) is 3.62. The van der Waals surface area contributed by atoms with Crippen LogP contribution in [0.2, 0.25) is 0 Å². The van der Waals surface area contributed by atoms with Gasteiger partial charge >= 0.3 is 0 Å². The van der Waals surface area contributed by atoms with E-state index in [1.165, 1.54) is 64.2 Å². The Bertz CT molecular complexity index is 196. The lowest BCUT2D eigenvalue weighted by atomic mass is 10.0. The minimum atomic E-state index is 0.199. The molecule has 0 aliphatic heterocycles. The number of hydrogen-bond donors (Lipinski definition) is 2. The minimum absolute atomic E-state index is 0.199. The van der Waals surface area contributed by atoms with Crippen LogP contribution >= 0.6 is 0 Å². The van der Waals surface area contributed by atoms with E-state index in [0.29, 0.717) is 6.17 Å². The molecule has 2 nitrogen and oxygen atoms in total. The van der Waals surface area contributed by atoms with Gasteiger partial charge in [0.2, 0.25) is 0 Å². The quantitative estimate of drug-likeness (QED) is 0.357. The van der Waals surface area contributed by atoms with E-state index in [-0.39, 0.29) is 5.54 Å². The molecule has 1 unspecified atom stereocenters. The first kappa shape index (κ1) is 19.9. The molecule has 122 valence electrons. The minimum Gasteiger partial charge on any atom is -0.302 e. The number of nitrogens with one attached hydrogen (secondary N) is 2. The number of rotatable bonds is 13. The maximum absolute atomic E-state index is 3.72. The molecule has 2 N–H and O–H groups in total. The summed E-state index contributed by atoms with van der Waals surface area (Å²) in [7, 11) is 0. The lowest BCUT2D eigenvalue weighted by Crippen LogP contribution is -2.51. The van der Waals surface area contributed by atoms with Gasteiger partial charge in [0.05, 0.1) is 6.17 Å². The van der Waals surface area contributed by atoms with Gasteiger partial charge in [-0.25, -0.2) is 0 Å². The van der Waals surface area contributed by atoms with Crippen LogP contribution in [0.1, 0.15) is 98.8 Å². The van der Waals surface area contributed by atoms with Gasteiger partial charge in [0.1, 0.15) is 0 Å². The molecular weight excluding hydrogens is 244 g/mol. The molecule has 2 heteroatoms. The molecule has 0 bridgehead atoms. The molecule has 0 aromatic carbocycles. The van der Waals surface area contributed by atoms with Gasteiger partial charge in [0.15, 0.2) is 0 Å². The summed E-state index contributed by atoms with van der Waals surface area (Å²) in [5.41, 5.74) is 0.199. The summed E-state index contributed by atoms with van der Waals surface area (Å²) in [5.74, 6) is 0. The number of unbranched alkanes of at least 4 members (excludes halogenated alkanes) is 7. The molecule has 0 heterocycles. The molecule has 0 radical (unpaired) electrons. The van der Waals surface area contributed by atoms with E-state index in [1.807, 2.05) is 0 Å². The van der Waals surface area contributed by atoms with Crippen LogP contribution in [0.3, 0.4) is 0 Å². The summed E-state index contributed by atoms with van der Waals surface area (Å²) in [6, 6.07) is 0. The van der Waals surface area contributed by atoms with Crippen molar-refractivity contribution in [2.24, 2.45) is 0 Å². The lowest BCUT2D eigenvalue weighted by Gasteiger charge is -2.29. The molecule has 20 heavy (non-hydrogen) atoms. The summed E-state index contributed by atoms with van der Waals surface area (Å²) in [6.07, 6.45) is 14.0. The van der Waals surface area contributed by atoms with Crippen LogP contribution < -0.4 is 10.6 Å². The van der Waals surface area contributed by atoms with E-state index < -0.39 is 0 Å². The van der Waals surface area contributed by atoms with Crippen molar-refractivity contribution in [3.8, 4) is 0 Å². The molecule has 0 amide bonds. The Kier molecular flexibility index (Phi) is 12.6. The van der Waals surface area contributed by atoms with Crippen molar-refractivity contribution in [3.05, 3.63) is 0 Å². The van der Waals surface area contributed by atoms with Crippen LogP contribution in [0.25, 0.3) is 0 Å². The first-order valence-corrected chi connectivity index (χ1v) is 9.00. The van der Waals surface area contributed by atoms with Crippen molar-refractivity contribution in [2.75, 3.05) is 6.54 Å². The number of hydrogen-bond acceptors (Lipinski definition) is 2. The predicted octanol–water partition coefficient (Wildman–Crippen LogP) is 5.23. The van der Waals surface area contributed by atoms with Crippen molar-refractivity contribution >= 4 is 0 Å².